The van der Waals surface area contributed by atoms with Crippen molar-refractivity contribution in [3.63, 3.8) is 0 Å². The van der Waals surface area contributed by atoms with Crippen molar-refractivity contribution >= 4 is 39.2 Å². The molecule has 2 aromatic carbocycles. The number of benzene rings is 2. The van der Waals surface area contributed by atoms with E-state index in [9.17, 15) is 9.90 Å². The lowest BCUT2D eigenvalue weighted by Gasteiger charge is -2.49. The Morgan fingerprint density at radius 1 is 1.16 bits per heavy atom. The van der Waals surface area contributed by atoms with E-state index in [0.717, 1.165) is 5.56 Å². The third-order valence-corrected chi connectivity index (χ3v) is 13.2. The van der Waals surface area contributed by atoms with Gasteiger partial charge in [0.1, 0.15) is 11.6 Å². The summed E-state index contributed by atoms with van der Waals surface area (Å²) in [4.78, 5) is 27.5. The lowest BCUT2D eigenvalue weighted by molar-refractivity contribution is 0.233. The smallest absolute Gasteiger partial charge is 0.331 e. The maximum atomic E-state index is 13.2. The van der Waals surface area contributed by atoms with Gasteiger partial charge in [0.2, 0.25) is 5.28 Å². The minimum atomic E-state index is -0.975. The standard InChI is InChI=1S/C17H19ClN4O3.C17H26S/c1-10(9-23)21-15-14(8-19-16(18)20-15)11(2)22(17(21)24)12-4-6-13(25-3)7-5-12;1-7-8-12-15(2)18(6,17(3,4)5)16-13-10-9-11-14-16/h4-8,10-11,23H,9H2,1-3H3;7-14H,1-6H3/b;8-7-,15-12+/t10-,11?;/m0./s1. The summed E-state index contributed by atoms with van der Waals surface area (Å²) >= 11 is 5.92. The molecule has 9 heteroatoms. The van der Waals surface area contributed by atoms with Gasteiger partial charge in [-0.05, 0) is 96.5 Å². The molecular weight excluding hydrogens is 580 g/mol. The first-order valence-electron chi connectivity index (χ1n) is 14.3. The van der Waals surface area contributed by atoms with Crippen molar-refractivity contribution in [2.75, 3.05) is 29.8 Å². The second-order valence-corrected chi connectivity index (χ2v) is 16.0. The minimum absolute atomic E-state index is 0.0618. The Morgan fingerprint density at radius 3 is 2.33 bits per heavy atom. The SMILES string of the molecule is C/C=C\C=C(/C)S(C)(c1ccccc1)C(C)(C)C.COc1ccc(N2C(=O)N([C@@H](C)CO)c3nc(Cl)ncc3C2C)cc1. The number of methoxy groups -OCH3 is 1. The number of carbonyl (C=O) groups excluding carboxylic acids is 1. The molecule has 0 aliphatic carbocycles. The molecule has 0 fully saturated rings. The van der Waals surface area contributed by atoms with Crippen LogP contribution < -0.4 is 14.5 Å². The summed E-state index contributed by atoms with van der Waals surface area (Å²) < 4.78 is 5.44. The first-order chi connectivity index (χ1) is 20.3. The molecule has 2 heterocycles. The number of ether oxygens (including phenoxy) is 1. The number of allylic oxidation sites excluding steroid dienone is 4. The zero-order valence-electron chi connectivity index (χ0n) is 26.7. The Bertz CT molecular complexity index is 1440. The zero-order valence-corrected chi connectivity index (χ0v) is 28.3. The molecule has 43 heavy (non-hydrogen) atoms. The number of hydrogen-bond acceptors (Lipinski definition) is 5. The highest BCUT2D eigenvalue weighted by Crippen LogP contribution is 2.67. The second-order valence-electron chi connectivity index (χ2n) is 11.5. The Labute approximate surface area is 263 Å². The molecule has 0 spiro atoms. The number of aliphatic hydroxyl groups excluding tert-OH is 1. The van der Waals surface area contributed by atoms with Crippen LogP contribution in [-0.2, 0) is 0 Å². The lowest BCUT2D eigenvalue weighted by atomic mass is 10.0. The van der Waals surface area contributed by atoms with Gasteiger partial charge >= 0.3 is 6.03 Å². The number of aliphatic hydroxyl groups is 1. The fraction of sp³-hybridized carbons (Fsp3) is 0.382. The topological polar surface area (TPSA) is 78.8 Å². The van der Waals surface area contributed by atoms with Crippen molar-refractivity contribution in [1.82, 2.24) is 9.97 Å². The zero-order chi connectivity index (χ0) is 31.9. The van der Waals surface area contributed by atoms with Gasteiger partial charge in [-0.1, -0.05) is 57.2 Å². The van der Waals surface area contributed by atoms with Crippen molar-refractivity contribution < 1.29 is 14.6 Å². The summed E-state index contributed by atoms with van der Waals surface area (Å²) in [7, 11) is 0.614. The third-order valence-electron chi connectivity index (χ3n) is 7.91. The van der Waals surface area contributed by atoms with E-state index in [4.69, 9.17) is 16.3 Å². The van der Waals surface area contributed by atoms with E-state index in [1.54, 1.807) is 37.3 Å². The van der Waals surface area contributed by atoms with Crippen LogP contribution in [-0.4, -0.2) is 51.9 Å². The van der Waals surface area contributed by atoms with Crippen LogP contribution >= 0.6 is 21.6 Å². The monoisotopic (exact) mass is 624 g/mol. The minimum Gasteiger partial charge on any atom is -0.497 e. The number of aromatic nitrogens is 2. The van der Waals surface area contributed by atoms with E-state index in [1.165, 1.54) is 14.7 Å². The summed E-state index contributed by atoms with van der Waals surface area (Å²) in [5, 5.41) is 9.65. The van der Waals surface area contributed by atoms with Gasteiger partial charge in [0, 0.05) is 17.4 Å². The molecule has 0 saturated heterocycles. The van der Waals surface area contributed by atoms with Crippen LogP contribution in [0.3, 0.4) is 0 Å². The van der Waals surface area contributed by atoms with Crippen molar-refractivity contribution in [1.29, 1.82) is 0 Å². The summed E-state index contributed by atoms with van der Waals surface area (Å²) in [6.45, 7) is 14.8. The van der Waals surface area contributed by atoms with Gasteiger partial charge in [-0.15, -0.1) is 0 Å². The molecule has 2 unspecified atom stereocenters. The summed E-state index contributed by atoms with van der Waals surface area (Å²) in [6, 6.07) is 17.1. The van der Waals surface area contributed by atoms with Crippen molar-refractivity contribution in [2.45, 2.75) is 70.2 Å². The molecule has 3 aromatic rings. The predicted octanol–water partition coefficient (Wildman–Crippen LogP) is 8.79. The molecule has 7 nitrogen and oxygen atoms in total. The third kappa shape index (κ3) is 7.25. The highest BCUT2D eigenvalue weighted by Gasteiger charge is 2.40. The van der Waals surface area contributed by atoms with Crippen LogP contribution in [0.1, 0.15) is 60.1 Å². The molecule has 4 rings (SSSR count). The van der Waals surface area contributed by atoms with Crippen molar-refractivity contribution in [3.05, 3.63) is 94.8 Å². The van der Waals surface area contributed by atoms with E-state index in [1.807, 2.05) is 19.1 Å². The maximum absolute atomic E-state index is 13.2. The van der Waals surface area contributed by atoms with Crippen LogP contribution in [0.4, 0.5) is 16.3 Å². The van der Waals surface area contributed by atoms with Gasteiger partial charge in [0.05, 0.1) is 25.8 Å². The molecule has 0 radical (unpaired) electrons. The normalized spacial score (nSPS) is 18.3. The molecule has 232 valence electrons. The van der Waals surface area contributed by atoms with Crippen LogP contribution in [0.15, 0.2) is 88.8 Å². The Kier molecular flexibility index (Phi) is 11.5. The number of amides is 2. The quantitative estimate of drug-likeness (QED) is 0.210. The highest BCUT2D eigenvalue weighted by molar-refractivity contribution is 8.37. The van der Waals surface area contributed by atoms with Gasteiger partial charge in [0.15, 0.2) is 0 Å². The van der Waals surface area contributed by atoms with E-state index >= 15 is 0 Å². The second kappa shape index (κ2) is 14.4. The fourth-order valence-corrected chi connectivity index (χ4v) is 8.22. The number of urea groups is 1. The van der Waals surface area contributed by atoms with Gasteiger partial charge in [-0.25, -0.2) is 9.78 Å². The average Bonchev–Trinajstić information content (AvgIpc) is 2.99. The van der Waals surface area contributed by atoms with Crippen LogP contribution in [0.5, 0.6) is 5.75 Å². The summed E-state index contributed by atoms with van der Waals surface area (Å²) in [5.41, 5.74) is 1.48. The average molecular weight is 625 g/mol. The summed E-state index contributed by atoms with van der Waals surface area (Å²) in [5.74, 6) is 1.14. The Morgan fingerprint density at radius 2 is 1.79 bits per heavy atom. The molecule has 0 bridgehead atoms. The number of nitrogens with zero attached hydrogens (tertiary/aromatic N) is 4. The van der Waals surface area contributed by atoms with Crippen LogP contribution in [0.25, 0.3) is 0 Å². The van der Waals surface area contributed by atoms with E-state index in [0.29, 0.717) is 17.3 Å². The molecule has 3 atom stereocenters. The molecule has 1 aromatic heterocycles. The van der Waals surface area contributed by atoms with Gasteiger partial charge in [-0.2, -0.15) is 15.0 Å². The van der Waals surface area contributed by atoms with Crippen LogP contribution in [0, 0.1) is 0 Å². The first kappa shape index (κ1) is 34.2. The Hall–Kier alpha value is -3.33. The molecule has 1 N–H and O–H groups in total. The Balaban J connectivity index is 0.000000250. The largest absolute Gasteiger partial charge is 0.497 e. The molecule has 1 aliphatic heterocycles. The van der Waals surface area contributed by atoms with Crippen molar-refractivity contribution in [2.24, 2.45) is 0 Å². The number of fused-ring (bicyclic) bond motifs is 1. The van der Waals surface area contributed by atoms with Gasteiger partial charge in [0.25, 0.3) is 0 Å². The van der Waals surface area contributed by atoms with Crippen molar-refractivity contribution in [3.8, 4) is 5.75 Å². The number of anilines is 2. The van der Waals surface area contributed by atoms with Crippen LogP contribution in [0.2, 0.25) is 5.28 Å². The maximum Gasteiger partial charge on any atom is 0.331 e. The molecule has 2 amide bonds. The predicted molar refractivity (Wildman–Crippen MR) is 182 cm³/mol. The van der Waals surface area contributed by atoms with E-state index in [-0.39, 0.29) is 28.7 Å². The summed E-state index contributed by atoms with van der Waals surface area (Å²) in [6.07, 6.45) is 10.6. The van der Waals surface area contributed by atoms with Gasteiger partial charge in [-0.3, -0.25) is 9.80 Å². The fourth-order valence-electron chi connectivity index (χ4n) is 5.00. The molecular formula is C34H45ClN4O3S. The number of rotatable bonds is 7. The molecule has 0 saturated carbocycles. The number of halogens is 1. The number of carbonyl (C=O) groups is 1. The number of hydrogen-bond donors (Lipinski definition) is 1. The van der Waals surface area contributed by atoms with E-state index in [2.05, 4.69) is 99.4 Å². The highest BCUT2D eigenvalue weighted by atomic mass is 35.5. The first-order valence-corrected chi connectivity index (χ1v) is 16.8. The molecule has 1 aliphatic rings. The van der Waals surface area contributed by atoms with Gasteiger partial charge < -0.3 is 9.84 Å². The lowest BCUT2D eigenvalue weighted by Crippen LogP contribution is -2.54. The van der Waals surface area contributed by atoms with E-state index < -0.39 is 16.1 Å².